The van der Waals surface area contributed by atoms with Gasteiger partial charge in [0.1, 0.15) is 17.7 Å². The van der Waals surface area contributed by atoms with E-state index in [1.165, 1.54) is 36.4 Å². The first kappa shape index (κ1) is 18.0. The predicted octanol–water partition coefficient (Wildman–Crippen LogP) is 2.03. The number of esters is 1. The first-order valence-corrected chi connectivity index (χ1v) is 8.40. The van der Waals surface area contributed by atoms with Crippen LogP contribution in [0.4, 0.5) is 8.78 Å². The van der Waals surface area contributed by atoms with E-state index < -0.39 is 33.7 Å². The van der Waals surface area contributed by atoms with Gasteiger partial charge in [0, 0.05) is 0 Å². The first-order chi connectivity index (χ1) is 11.3. The topological polar surface area (TPSA) is 72.5 Å². The van der Waals surface area contributed by atoms with Gasteiger partial charge < -0.3 is 4.74 Å². The van der Waals surface area contributed by atoms with Gasteiger partial charge in [-0.25, -0.2) is 17.2 Å². The van der Waals surface area contributed by atoms with E-state index in [-0.39, 0.29) is 11.3 Å². The van der Waals surface area contributed by atoms with Gasteiger partial charge in [-0.15, -0.1) is 0 Å². The van der Waals surface area contributed by atoms with Crippen LogP contribution in [-0.4, -0.2) is 27.5 Å². The summed E-state index contributed by atoms with van der Waals surface area (Å²) in [5.41, 5.74) is 0.536. The lowest BCUT2D eigenvalue weighted by Gasteiger charge is -2.17. The number of benzene rings is 2. The molecule has 0 amide bonds. The third kappa shape index (κ3) is 4.59. The van der Waals surface area contributed by atoms with Gasteiger partial charge in [0.2, 0.25) is 10.0 Å². The average molecular weight is 355 g/mol. The SMILES string of the molecule is COC(=O)C(Cc1ccc(F)cc1)NS(=O)(=O)c1cccc(F)c1. The number of hydrogen-bond acceptors (Lipinski definition) is 4. The normalized spacial score (nSPS) is 12.6. The van der Waals surface area contributed by atoms with Crippen molar-refractivity contribution in [1.82, 2.24) is 4.72 Å². The summed E-state index contributed by atoms with van der Waals surface area (Å²) in [4.78, 5) is 11.6. The van der Waals surface area contributed by atoms with Crippen LogP contribution in [0, 0.1) is 11.6 Å². The summed E-state index contributed by atoms with van der Waals surface area (Å²) >= 11 is 0. The highest BCUT2D eigenvalue weighted by Crippen LogP contribution is 2.13. The number of sulfonamides is 1. The van der Waals surface area contributed by atoms with Crippen molar-refractivity contribution in [3.63, 3.8) is 0 Å². The van der Waals surface area contributed by atoms with Crippen LogP contribution in [-0.2, 0) is 26.0 Å². The fourth-order valence-electron chi connectivity index (χ4n) is 2.06. The van der Waals surface area contributed by atoms with Gasteiger partial charge in [0.25, 0.3) is 0 Å². The lowest BCUT2D eigenvalue weighted by Crippen LogP contribution is -2.43. The van der Waals surface area contributed by atoms with Crippen molar-refractivity contribution in [2.75, 3.05) is 7.11 Å². The maximum absolute atomic E-state index is 13.2. The molecule has 24 heavy (non-hydrogen) atoms. The van der Waals surface area contributed by atoms with Gasteiger partial charge in [-0.05, 0) is 42.3 Å². The highest BCUT2D eigenvalue weighted by molar-refractivity contribution is 7.89. The molecule has 0 radical (unpaired) electrons. The van der Waals surface area contributed by atoms with Crippen molar-refractivity contribution in [3.05, 3.63) is 65.7 Å². The van der Waals surface area contributed by atoms with Crippen molar-refractivity contribution in [3.8, 4) is 0 Å². The molecule has 0 saturated heterocycles. The summed E-state index contributed by atoms with van der Waals surface area (Å²) in [6.07, 6.45) is -0.0402. The molecule has 0 fully saturated rings. The lowest BCUT2D eigenvalue weighted by atomic mass is 10.1. The number of hydrogen-bond donors (Lipinski definition) is 1. The van der Waals surface area contributed by atoms with E-state index in [1.54, 1.807) is 0 Å². The molecule has 0 heterocycles. The summed E-state index contributed by atoms with van der Waals surface area (Å²) in [6, 6.07) is 8.44. The zero-order chi connectivity index (χ0) is 17.7. The molecule has 5 nitrogen and oxygen atoms in total. The maximum atomic E-state index is 13.2. The molecule has 2 aromatic rings. The molecule has 0 aliphatic heterocycles. The molecule has 0 aliphatic carbocycles. The van der Waals surface area contributed by atoms with Crippen molar-refractivity contribution in [2.24, 2.45) is 0 Å². The minimum absolute atomic E-state index is 0.0402. The number of rotatable bonds is 6. The molecule has 0 aliphatic rings. The molecule has 0 bridgehead atoms. The first-order valence-electron chi connectivity index (χ1n) is 6.92. The van der Waals surface area contributed by atoms with Crippen LogP contribution in [0.15, 0.2) is 53.4 Å². The minimum Gasteiger partial charge on any atom is -0.468 e. The van der Waals surface area contributed by atoms with Crippen LogP contribution >= 0.6 is 0 Å². The second kappa shape index (κ2) is 7.50. The highest BCUT2D eigenvalue weighted by atomic mass is 32.2. The van der Waals surface area contributed by atoms with Crippen LogP contribution < -0.4 is 4.72 Å². The van der Waals surface area contributed by atoms with E-state index in [0.29, 0.717) is 5.56 Å². The number of methoxy groups -OCH3 is 1. The molecule has 2 rings (SSSR count). The van der Waals surface area contributed by atoms with Crippen molar-refractivity contribution in [1.29, 1.82) is 0 Å². The Hall–Kier alpha value is -2.32. The van der Waals surface area contributed by atoms with Crippen LogP contribution in [0.2, 0.25) is 0 Å². The van der Waals surface area contributed by atoms with E-state index in [9.17, 15) is 22.0 Å². The molecule has 2 aromatic carbocycles. The van der Waals surface area contributed by atoms with Crippen molar-refractivity contribution < 1.29 is 26.7 Å². The monoisotopic (exact) mass is 355 g/mol. The van der Waals surface area contributed by atoms with Gasteiger partial charge in [-0.2, -0.15) is 4.72 Å². The molecule has 0 aromatic heterocycles. The molecular weight excluding hydrogens is 340 g/mol. The van der Waals surface area contributed by atoms with E-state index in [0.717, 1.165) is 19.2 Å². The Morgan fingerprint density at radius 1 is 1.12 bits per heavy atom. The van der Waals surface area contributed by atoms with Gasteiger partial charge in [0.15, 0.2) is 0 Å². The quantitative estimate of drug-likeness (QED) is 0.805. The number of carbonyl (C=O) groups excluding carboxylic acids is 1. The third-order valence-electron chi connectivity index (χ3n) is 3.24. The largest absolute Gasteiger partial charge is 0.468 e. The summed E-state index contributed by atoms with van der Waals surface area (Å²) in [6.45, 7) is 0. The van der Waals surface area contributed by atoms with E-state index in [4.69, 9.17) is 0 Å². The smallest absolute Gasteiger partial charge is 0.324 e. The highest BCUT2D eigenvalue weighted by Gasteiger charge is 2.27. The maximum Gasteiger partial charge on any atom is 0.324 e. The van der Waals surface area contributed by atoms with Gasteiger partial charge in [-0.3, -0.25) is 4.79 Å². The molecule has 1 unspecified atom stereocenters. The predicted molar refractivity (Wildman–Crippen MR) is 82.6 cm³/mol. The summed E-state index contributed by atoms with van der Waals surface area (Å²) in [5, 5.41) is 0. The minimum atomic E-state index is -4.13. The van der Waals surface area contributed by atoms with Gasteiger partial charge in [-0.1, -0.05) is 18.2 Å². The fraction of sp³-hybridized carbons (Fsp3) is 0.188. The van der Waals surface area contributed by atoms with Crippen LogP contribution in [0.1, 0.15) is 5.56 Å². The standard InChI is InChI=1S/C16H15F2NO4S/c1-23-16(20)15(9-11-5-7-12(17)8-6-11)19-24(21,22)14-4-2-3-13(18)10-14/h2-8,10,15,19H,9H2,1H3. The molecule has 8 heteroatoms. The van der Waals surface area contributed by atoms with Crippen molar-refractivity contribution >= 4 is 16.0 Å². The Morgan fingerprint density at radius 2 is 1.79 bits per heavy atom. The van der Waals surface area contributed by atoms with Gasteiger partial charge in [0.05, 0.1) is 12.0 Å². The Morgan fingerprint density at radius 3 is 2.38 bits per heavy atom. The molecule has 1 N–H and O–H groups in total. The number of nitrogens with one attached hydrogen (secondary N) is 1. The molecule has 0 spiro atoms. The number of halogens is 2. The summed E-state index contributed by atoms with van der Waals surface area (Å²) < 4.78 is 57.6. The number of ether oxygens (including phenoxy) is 1. The average Bonchev–Trinajstić information content (AvgIpc) is 2.55. The Labute approximate surface area is 138 Å². The van der Waals surface area contributed by atoms with Crippen LogP contribution in [0.3, 0.4) is 0 Å². The zero-order valence-electron chi connectivity index (χ0n) is 12.7. The molecule has 0 saturated carbocycles. The lowest BCUT2D eigenvalue weighted by molar-refractivity contribution is -0.142. The van der Waals surface area contributed by atoms with E-state index in [1.807, 2.05) is 0 Å². The second-order valence-electron chi connectivity index (χ2n) is 4.98. The summed E-state index contributed by atoms with van der Waals surface area (Å²) in [5.74, 6) is -1.97. The third-order valence-corrected chi connectivity index (χ3v) is 4.71. The van der Waals surface area contributed by atoms with Crippen molar-refractivity contribution in [2.45, 2.75) is 17.4 Å². The Balaban J connectivity index is 2.25. The van der Waals surface area contributed by atoms with E-state index >= 15 is 0 Å². The molecule has 1 atom stereocenters. The fourth-order valence-corrected chi connectivity index (χ4v) is 3.28. The van der Waals surface area contributed by atoms with Gasteiger partial charge >= 0.3 is 5.97 Å². The Kier molecular flexibility index (Phi) is 5.63. The van der Waals surface area contributed by atoms with Crippen LogP contribution in [0.5, 0.6) is 0 Å². The second-order valence-corrected chi connectivity index (χ2v) is 6.70. The Bertz CT molecular complexity index is 822. The zero-order valence-corrected chi connectivity index (χ0v) is 13.5. The molecular formula is C16H15F2NO4S. The van der Waals surface area contributed by atoms with Crippen LogP contribution in [0.25, 0.3) is 0 Å². The summed E-state index contributed by atoms with van der Waals surface area (Å²) in [7, 11) is -3.01. The molecule has 128 valence electrons. The van der Waals surface area contributed by atoms with E-state index in [2.05, 4.69) is 9.46 Å². The number of carbonyl (C=O) groups is 1.